The topological polar surface area (TPSA) is 71.5 Å². The molecule has 0 unspecified atom stereocenters. The molecule has 2 N–H and O–H groups in total. The van der Waals surface area contributed by atoms with E-state index in [9.17, 15) is 4.79 Å². The van der Waals surface area contributed by atoms with Crippen molar-refractivity contribution in [3.05, 3.63) is 34.8 Å². The van der Waals surface area contributed by atoms with Crippen LogP contribution in [-0.4, -0.2) is 34.8 Å². The summed E-state index contributed by atoms with van der Waals surface area (Å²) in [6.45, 7) is 0.512. The molecule has 20 heavy (non-hydrogen) atoms. The van der Waals surface area contributed by atoms with Crippen LogP contribution in [-0.2, 0) is 4.79 Å². The third kappa shape index (κ3) is 2.62. The average molecular weight is 337 g/mol. The van der Waals surface area contributed by atoms with Crippen LogP contribution in [0.25, 0.3) is 10.9 Å². The highest BCUT2D eigenvalue weighted by molar-refractivity contribution is 9.10. The van der Waals surface area contributed by atoms with Gasteiger partial charge in [-0.3, -0.25) is 4.79 Å². The van der Waals surface area contributed by atoms with E-state index < -0.39 is 12.0 Å². The Bertz CT molecular complexity index is 662. The summed E-state index contributed by atoms with van der Waals surface area (Å²) in [6, 6.07) is 9.18. The molecule has 1 fully saturated rings. The number of benzene rings is 1. The highest BCUT2D eigenvalue weighted by Gasteiger charge is 2.31. The summed E-state index contributed by atoms with van der Waals surface area (Å²) in [6.07, 6.45) is 0.261. The van der Waals surface area contributed by atoms with E-state index in [2.05, 4.69) is 26.2 Å². The molecule has 5 nitrogen and oxygen atoms in total. The SMILES string of the molecule is O=C(O)[C@@H]1C[C@@H](Oc2nc3ccccc3cc2Br)CN1. The number of hydrogen-bond acceptors (Lipinski definition) is 4. The number of carbonyl (C=O) groups is 1. The molecule has 1 aliphatic rings. The van der Waals surface area contributed by atoms with Crippen LogP contribution in [0, 0.1) is 0 Å². The zero-order chi connectivity index (χ0) is 14.1. The zero-order valence-electron chi connectivity index (χ0n) is 10.5. The Morgan fingerprint density at radius 3 is 3.00 bits per heavy atom. The minimum absolute atomic E-state index is 0.180. The lowest BCUT2D eigenvalue weighted by Gasteiger charge is -2.13. The number of aliphatic carboxylic acids is 1. The Hall–Kier alpha value is -1.66. The number of nitrogens with zero attached hydrogens (tertiary/aromatic N) is 1. The van der Waals surface area contributed by atoms with Crippen LogP contribution >= 0.6 is 15.9 Å². The molecule has 2 heterocycles. The lowest BCUT2D eigenvalue weighted by Crippen LogP contribution is -2.30. The van der Waals surface area contributed by atoms with Gasteiger partial charge in [0.05, 0.1) is 9.99 Å². The molecule has 6 heteroatoms. The molecule has 0 radical (unpaired) electrons. The van der Waals surface area contributed by atoms with Gasteiger partial charge in [0.1, 0.15) is 12.1 Å². The molecular formula is C14H13BrN2O3. The molecule has 0 saturated carbocycles. The number of carboxylic acids is 1. The fourth-order valence-electron chi connectivity index (χ4n) is 2.29. The van der Waals surface area contributed by atoms with E-state index in [-0.39, 0.29) is 6.10 Å². The Kier molecular flexibility index (Phi) is 3.58. The first kappa shape index (κ1) is 13.3. The summed E-state index contributed by atoms with van der Waals surface area (Å²) in [5.41, 5.74) is 0.853. The molecule has 0 spiro atoms. The molecule has 0 aliphatic carbocycles. The summed E-state index contributed by atoms with van der Waals surface area (Å²) >= 11 is 3.44. The standard InChI is InChI=1S/C14H13BrN2O3/c15-10-5-8-3-1-2-4-11(8)17-13(10)20-9-6-12(14(18)19)16-7-9/h1-5,9,12,16H,6-7H2,(H,18,19)/t9-,12+/m1/s1. The van der Waals surface area contributed by atoms with E-state index in [1.807, 2.05) is 30.3 Å². The van der Waals surface area contributed by atoms with Crippen LogP contribution in [0.15, 0.2) is 34.8 Å². The van der Waals surface area contributed by atoms with Crippen LogP contribution in [0.1, 0.15) is 6.42 Å². The lowest BCUT2D eigenvalue weighted by atomic mass is 10.2. The quantitative estimate of drug-likeness (QED) is 0.898. The number of halogens is 1. The molecular weight excluding hydrogens is 324 g/mol. The number of ether oxygens (including phenoxy) is 1. The van der Waals surface area contributed by atoms with Gasteiger partial charge in [-0.1, -0.05) is 18.2 Å². The summed E-state index contributed by atoms with van der Waals surface area (Å²) in [4.78, 5) is 15.4. The largest absolute Gasteiger partial charge is 0.480 e. The number of aromatic nitrogens is 1. The molecule has 2 atom stereocenters. The van der Waals surface area contributed by atoms with Gasteiger partial charge in [0.25, 0.3) is 0 Å². The van der Waals surface area contributed by atoms with Crippen molar-refractivity contribution in [2.45, 2.75) is 18.6 Å². The molecule has 2 aromatic rings. The monoisotopic (exact) mass is 336 g/mol. The normalized spacial score (nSPS) is 22.1. The van der Waals surface area contributed by atoms with Crippen molar-refractivity contribution in [1.82, 2.24) is 10.3 Å². The minimum atomic E-state index is -0.846. The maximum absolute atomic E-state index is 10.9. The van der Waals surface area contributed by atoms with E-state index >= 15 is 0 Å². The van der Waals surface area contributed by atoms with Crippen LogP contribution in [0.4, 0.5) is 0 Å². The van der Waals surface area contributed by atoms with Crippen molar-refractivity contribution in [3.8, 4) is 5.88 Å². The third-order valence-corrected chi connectivity index (χ3v) is 3.88. The van der Waals surface area contributed by atoms with Gasteiger partial charge in [-0.2, -0.15) is 0 Å². The molecule has 1 aliphatic heterocycles. The third-order valence-electron chi connectivity index (χ3n) is 3.31. The van der Waals surface area contributed by atoms with Crippen LogP contribution in [0.5, 0.6) is 5.88 Å². The lowest BCUT2D eigenvalue weighted by molar-refractivity contribution is -0.139. The van der Waals surface area contributed by atoms with Crippen molar-refractivity contribution < 1.29 is 14.6 Å². The van der Waals surface area contributed by atoms with E-state index in [1.165, 1.54) is 0 Å². The van der Waals surface area contributed by atoms with Gasteiger partial charge in [-0.15, -0.1) is 0 Å². The second kappa shape index (κ2) is 5.38. The number of pyridine rings is 1. The number of hydrogen-bond donors (Lipinski definition) is 2. The maximum atomic E-state index is 10.9. The fourth-order valence-corrected chi connectivity index (χ4v) is 2.72. The summed E-state index contributed by atoms with van der Waals surface area (Å²) in [5.74, 6) is -0.344. The average Bonchev–Trinajstić information content (AvgIpc) is 2.88. The Morgan fingerprint density at radius 2 is 2.25 bits per heavy atom. The van der Waals surface area contributed by atoms with Crippen molar-refractivity contribution >= 4 is 32.8 Å². The second-order valence-corrected chi connectivity index (χ2v) is 5.60. The van der Waals surface area contributed by atoms with Gasteiger partial charge in [0.15, 0.2) is 0 Å². The summed E-state index contributed by atoms with van der Waals surface area (Å²) in [5, 5.41) is 12.9. The molecule has 3 rings (SSSR count). The smallest absolute Gasteiger partial charge is 0.320 e. The van der Waals surface area contributed by atoms with Crippen molar-refractivity contribution in [3.63, 3.8) is 0 Å². The van der Waals surface area contributed by atoms with Gasteiger partial charge in [-0.25, -0.2) is 4.98 Å². The Balaban J connectivity index is 1.81. The summed E-state index contributed by atoms with van der Waals surface area (Å²) < 4.78 is 6.58. The van der Waals surface area contributed by atoms with Gasteiger partial charge < -0.3 is 15.2 Å². The predicted molar refractivity (Wildman–Crippen MR) is 77.9 cm³/mol. The Morgan fingerprint density at radius 1 is 1.45 bits per heavy atom. The predicted octanol–water partition coefficient (Wildman–Crippen LogP) is 2.19. The minimum Gasteiger partial charge on any atom is -0.480 e. The van der Waals surface area contributed by atoms with E-state index in [0.29, 0.717) is 18.8 Å². The molecule has 104 valence electrons. The first-order valence-corrected chi connectivity index (χ1v) is 7.11. The molecule has 1 saturated heterocycles. The van der Waals surface area contributed by atoms with Gasteiger partial charge in [0.2, 0.25) is 5.88 Å². The number of para-hydroxylation sites is 1. The first-order chi connectivity index (χ1) is 9.63. The van der Waals surface area contributed by atoms with E-state index in [0.717, 1.165) is 15.4 Å². The maximum Gasteiger partial charge on any atom is 0.320 e. The van der Waals surface area contributed by atoms with Crippen molar-refractivity contribution in [2.24, 2.45) is 0 Å². The zero-order valence-corrected chi connectivity index (χ0v) is 12.1. The van der Waals surface area contributed by atoms with Crippen molar-refractivity contribution in [2.75, 3.05) is 6.54 Å². The number of fused-ring (bicyclic) bond motifs is 1. The van der Waals surface area contributed by atoms with Gasteiger partial charge in [-0.05, 0) is 28.1 Å². The fraction of sp³-hybridized carbons (Fsp3) is 0.286. The van der Waals surface area contributed by atoms with Gasteiger partial charge >= 0.3 is 5.97 Å². The van der Waals surface area contributed by atoms with Crippen LogP contribution in [0.2, 0.25) is 0 Å². The van der Waals surface area contributed by atoms with E-state index in [1.54, 1.807) is 0 Å². The van der Waals surface area contributed by atoms with Crippen LogP contribution < -0.4 is 10.1 Å². The molecule has 0 bridgehead atoms. The summed E-state index contributed by atoms with van der Waals surface area (Å²) in [7, 11) is 0. The highest BCUT2D eigenvalue weighted by Crippen LogP contribution is 2.28. The highest BCUT2D eigenvalue weighted by atomic mass is 79.9. The molecule has 1 aromatic heterocycles. The molecule has 0 amide bonds. The number of carboxylic acid groups (broad SMARTS) is 1. The van der Waals surface area contributed by atoms with E-state index in [4.69, 9.17) is 9.84 Å². The number of rotatable bonds is 3. The second-order valence-electron chi connectivity index (χ2n) is 4.74. The first-order valence-electron chi connectivity index (χ1n) is 6.31. The van der Waals surface area contributed by atoms with Crippen LogP contribution in [0.3, 0.4) is 0 Å². The Labute approximate surface area is 124 Å². The number of nitrogens with one attached hydrogen (secondary N) is 1. The van der Waals surface area contributed by atoms with Crippen molar-refractivity contribution in [1.29, 1.82) is 0 Å². The molecule has 1 aromatic carbocycles. The van der Waals surface area contributed by atoms with Gasteiger partial charge in [0, 0.05) is 18.4 Å².